The fourth-order valence-electron chi connectivity index (χ4n) is 3.28. The van der Waals surface area contributed by atoms with E-state index >= 15 is 0 Å². The second kappa shape index (κ2) is 7.13. The van der Waals surface area contributed by atoms with Crippen LogP contribution in [-0.4, -0.2) is 55.3 Å². The molecule has 2 amide bonds. The quantitative estimate of drug-likeness (QED) is 0.833. The molecule has 25 heavy (non-hydrogen) atoms. The highest BCUT2D eigenvalue weighted by atomic mass is 35.5. The molecule has 2 fully saturated rings. The van der Waals surface area contributed by atoms with Gasteiger partial charge in [-0.05, 0) is 37.5 Å². The minimum atomic E-state index is -3.07. The van der Waals surface area contributed by atoms with Crippen molar-refractivity contribution < 1.29 is 18.0 Å². The van der Waals surface area contributed by atoms with E-state index in [0.717, 1.165) is 0 Å². The van der Waals surface area contributed by atoms with E-state index in [1.807, 2.05) is 0 Å². The van der Waals surface area contributed by atoms with Crippen molar-refractivity contribution in [3.63, 3.8) is 0 Å². The molecule has 1 aromatic carbocycles. The second-order valence-corrected chi connectivity index (χ2v) is 9.44. The summed E-state index contributed by atoms with van der Waals surface area (Å²) in [5.74, 6) is -0.524. The first-order valence-corrected chi connectivity index (χ1v) is 10.6. The minimum absolute atomic E-state index is 0.0355. The number of hydrogen-bond acceptors (Lipinski definition) is 4. The number of likely N-dealkylation sites (tertiary alicyclic amines) is 1. The third-order valence-corrected chi connectivity index (χ3v) is 7.07. The lowest BCUT2D eigenvalue weighted by molar-refractivity contribution is -0.125. The smallest absolute Gasteiger partial charge is 0.254 e. The van der Waals surface area contributed by atoms with Gasteiger partial charge in [-0.3, -0.25) is 9.59 Å². The highest BCUT2D eigenvalue weighted by molar-refractivity contribution is 7.91. The molecule has 0 radical (unpaired) electrons. The molecule has 6 nitrogen and oxygen atoms in total. The zero-order valence-corrected chi connectivity index (χ0v) is 15.7. The van der Waals surface area contributed by atoms with Gasteiger partial charge in [-0.2, -0.15) is 0 Å². The maximum absolute atomic E-state index is 12.7. The summed E-state index contributed by atoms with van der Waals surface area (Å²) in [6.45, 7) is 0.472. The molecule has 2 heterocycles. The zero-order chi connectivity index (χ0) is 18.2. The molecular weight excluding hydrogens is 387 g/mol. The maximum atomic E-state index is 12.7. The third kappa shape index (κ3) is 4.10. The standard InChI is InChI=1S/C16H18Cl2N2O4S/c17-12-4-3-10(8-13(12)18)16(22)20-6-1-2-14(20)15(21)19-11-5-7-25(23,24)9-11/h3-4,8,11,14H,1-2,5-7,9H2,(H,19,21)/t11-,14-/m0/s1. The Kier molecular flexibility index (Phi) is 5.27. The summed E-state index contributed by atoms with van der Waals surface area (Å²) < 4.78 is 23.0. The highest BCUT2D eigenvalue weighted by Gasteiger charge is 2.37. The summed E-state index contributed by atoms with van der Waals surface area (Å²) in [6, 6.07) is 3.65. The van der Waals surface area contributed by atoms with Gasteiger partial charge in [0.2, 0.25) is 5.91 Å². The van der Waals surface area contributed by atoms with E-state index in [1.165, 1.54) is 11.0 Å². The second-order valence-electron chi connectivity index (χ2n) is 6.39. The lowest BCUT2D eigenvalue weighted by Crippen LogP contribution is -2.49. The van der Waals surface area contributed by atoms with Gasteiger partial charge in [0.15, 0.2) is 9.84 Å². The Bertz CT molecular complexity index is 812. The van der Waals surface area contributed by atoms with Crippen LogP contribution in [0.3, 0.4) is 0 Å². The number of benzene rings is 1. The largest absolute Gasteiger partial charge is 0.351 e. The number of carbonyl (C=O) groups excluding carboxylic acids is 2. The number of halogens is 2. The Morgan fingerprint density at radius 2 is 1.92 bits per heavy atom. The van der Waals surface area contributed by atoms with Gasteiger partial charge in [0, 0.05) is 18.2 Å². The molecule has 1 aromatic rings. The molecule has 0 aromatic heterocycles. The van der Waals surface area contributed by atoms with Gasteiger partial charge in [-0.15, -0.1) is 0 Å². The molecule has 2 aliphatic heterocycles. The van der Waals surface area contributed by atoms with Crippen molar-refractivity contribution in [1.82, 2.24) is 10.2 Å². The molecule has 0 saturated carbocycles. The van der Waals surface area contributed by atoms with Crippen molar-refractivity contribution in [2.75, 3.05) is 18.1 Å². The Balaban J connectivity index is 1.70. The van der Waals surface area contributed by atoms with E-state index in [9.17, 15) is 18.0 Å². The van der Waals surface area contributed by atoms with E-state index < -0.39 is 15.9 Å². The van der Waals surface area contributed by atoms with Crippen molar-refractivity contribution in [3.05, 3.63) is 33.8 Å². The number of rotatable bonds is 3. The van der Waals surface area contributed by atoms with E-state index in [0.29, 0.717) is 36.4 Å². The summed E-state index contributed by atoms with van der Waals surface area (Å²) >= 11 is 11.8. The van der Waals surface area contributed by atoms with Crippen LogP contribution in [0.2, 0.25) is 10.0 Å². The Morgan fingerprint density at radius 3 is 2.56 bits per heavy atom. The van der Waals surface area contributed by atoms with E-state index in [-0.39, 0.29) is 34.4 Å². The molecule has 0 spiro atoms. The van der Waals surface area contributed by atoms with Gasteiger partial charge >= 0.3 is 0 Å². The van der Waals surface area contributed by atoms with Crippen molar-refractivity contribution in [1.29, 1.82) is 0 Å². The van der Waals surface area contributed by atoms with Crippen LogP contribution < -0.4 is 5.32 Å². The number of amides is 2. The fourth-order valence-corrected chi connectivity index (χ4v) is 5.26. The number of sulfone groups is 1. The molecule has 3 rings (SSSR count). The van der Waals surface area contributed by atoms with Crippen LogP contribution in [0.4, 0.5) is 0 Å². The number of nitrogens with zero attached hydrogens (tertiary/aromatic N) is 1. The topological polar surface area (TPSA) is 83.6 Å². The maximum Gasteiger partial charge on any atom is 0.254 e. The third-order valence-electron chi connectivity index (χ3n) is 4.56. The Morgan fingerprint density at radius 1 is 1.16 bits per heavy atom. The Hall–Kier alpha value is -1.31. The molecule has 9 heteroatoms. The monoisotopic (exact) mass is 404 g/mol. The van der Waals surface area contributed by atoms with Gasteiger partial charge in [0.1, 0.15) is 6.04 Å². The molecule has 136 valence electrons. The van der Waals surface area contributed by atoms with Crippen LogP contribution in [0.5, 0.6) is 0 Å². The number of hydrogen-bond donors (Lipinski definition) is 1. The first-order valence-electron chi connectivity index (χ1n) is 8.04. The van der Waals surface area contributed by atoms with Crippen molar-refractivity contribution >= 4 is 44.9 Å². The lowest BCUT2D eigenvalue weighted by Gasteiger charge is -2.25. The van der Waals surface area contributed by atoms with Gasteiger partial charge in [-0.25, -0.2) is 8.42 Å². The molecule has 1 N–H and O–H groups in total. The number of nitrogens with one attached hydrogen (secondary N) is 1. The summed E-state index contributed by atoms with van der Waals surface area (Å²) in [5, 5.41) is 3.41. The first kappa shape index (κ1) is 18.5. The zero-order valence-electron chi connectivity index (χ0n) is 13.4. The average molecular weight is 405 g/mol. The van der Waals surface area contributed by atoms with Crippen LogP contribution in [0.15, 0.2) is 18.2 Å². The predicted molar refractivity (Wildman–Crippen MR) is 95.7 cm³/mol. The van der Waals surface area contributed by atoms with Crippen molar-refractivity contribution in [2.24, 2.45) is 0 Å². The highest BCUT2D eigenvalue weighted by Crippen LogP contribution is 2.26. The predicted octanol–water partition coefficient (Wildman–Crippen LogP) is 1.90. The molecule has 0 aliphatic carbocycles. The van der Waals surface area contributed by atoms with Gasteiger partial charge in [0.25, 0.3) is 5.91 Å². The van der Waals surface area contributed by atoms with Crippen LogP contribution in [-0.2, 0) is 14.6 Å². The molecule has 2 atom stereocenters. The normalized spacial score (nSPS) is 25.1. The van der Waals surface area contributed by atoms with E-state index in [4.69, 9.17) is 23.2 Å². The van der Waals surface area contributed by atoms with Crippen LogP contribution in [0, 0.1) is 0 Å². The Labute approximate surface area is 156 Å². The summed E-state index contributed by atoms with van der Waals surface area (Å²) in [6.07, 6.45) is 1.69. The van der Waals surface area contributed by atoms with E-state index in [2.05, 4.69) is 5.32 Å². The van der Waals surface area contributed by atoms with Gasteiger partial charge in [0.05, 0.1) is 21.6 Å². The summed E-state index contributed by atoms with van der Waals surface area (Å²) in [5.41, 5.74) is 0.373. The van der Waals surface area contributed by atoms with Gasteiger partial charge in [-0.1, -0.05) is 23.2 Å². The van der Waals surface area contributed by atoms with Crippen LogP contribution in [0.25, 0.3) is 0 Å². The molecule has 2 saturated heterocycles. The molecule has 0 bridgehead atoms. The van der Waals surface area contributed by atoms with Crippen LogP contribution in [0.1, 0.15) is 29.6 Å². The van der Waals surface area contributed by atoms with Crippen LogP contribution >= 0.6 is 23.2 Å². The van der Waals surface area contributed by atoms with Crippen molar-refractivity contribution in [3.8, 4) is 0 Å². The number of carbonyl (C=O) groups is 2. The summed E-state index contributed by atoms with van der Waals surface area (Å²) in [7, 11) is -3.07. The molecular formula is C16H18Cl2N2O4S. The molecule has 2 aliphatic rings. The fraction of sp³-hybridized carbons (Fsp3) is 0.500. The lowest BCUT2D eigenvalue weighted by atomic mass is 10.1. The minimum Gasteiger partial charge on any atom is -0.351 e. The SMILES string of the molecule is O=C(N[C@H]1CCS(=O)(=O)C1)[C@@H]1CCCN1C(=O)c1ccc(Cl)c(Cl)c1. The summed E-state index contributed by atoms with van der Waals surface area (Å²) in [4.78, 5) is 26.8. The molecule has 0 unspecified atom stereocenters. The first-order chi connectivity index (χ1) is 11.8. The van der Waals surface area contributed by atoms with Gasteiger partial charge < -0.3 is 10.2 Å². The van der Waals surface area contributed by atoms with E-state index in [1.54, 1.807) is 12.1 Å². The van der Waals surface area contributed by atoms with Crippen molar-refractivity contribution in [2.45, 2.75) is 31.3 Å². The average Bonchev–Trinajstić information content (AvgIpc) is 3.16.